The number of aryl methyl sites for hydroxylation is 3. The molecule has 0 spiro atoms. The van der Waals surface area contributed by atoms with Gasteiger partial charge in [0.15, 0.2) is 11.6 Å². The number of aromatic nitrogens is 5. The van der Waals surface area contributed by atoms with Crippen LogP contribution in [-0.2, 0) is 13.6 Å². The van der Waals surface area contributed by atoms with Gasteiger partial charge >= 0.3 is 0 Å². The van der Waals surface area contributed by atoms with Gasteiger partial charge in [-0.05, 0) is 26.2 Å². The maximum absolute atomic E-state index is 4.90. The molecule has 0 amide bonds. The average Bonchev–Trinajstić information content (AvgIpc) is 3.17. The van der Waals surface area contributed by atoms with Gasteiger partial charge in [-0.25, -0.2) is 14.6 Å². The minimum absolute atomic E-state index is 0.556. The van der Waals surface area contributed by atoms with Gasteiger partial charge in [-0.1, -0.05) is 26.2 Å². The van der Waals surface area contributed by atoms with Crippen LogP contribution in [0.25, 0.3) is 11.5 Å². The van der Waals surface area contributed by atoms with Crippen LogP contribution in [0.5, 0.6) is 0 Å². The van der Waals surface area contributed by atoms with E-state index < -0.39 is 0 Å². The molecule has 2 aromatic heterocycles. The summed E-state index contributed by atoms with van der Waals surface area (Å²) in [4.78, 5) is 9.30. The van der Waals surface area contributed by atoms with Crippen LogP contribution in [-0.4, -0.2) is 24.3 Å². The van der Waals surface area contributed by atoms with Crippen LogP contribution >= 0.6 is 0 Å². The summed E-state index contributed by atoms with van der Waals surface area (Å²) in [5.74, 6) is 2.59. The van der Waals surface area contributed by atoms with E-state index in [0.717, 1.165) is 36.0 Å². The second-order valence-corrected chi connectivity index (χ2v) is 6.14. The molecule has 0 aliphatic heterocycles. The molecule has 0 bridgehead atoms. The van der Waals surface area contributed by atoms with Crippen molar-refractivity contribution in [1.82, 2.24) is 24.3 Å². The number of nitrogens with zero attached hydrogens (tertiary/aromatic N) is 5. The van der Waals surface area contributed by atoms with Crippen LogP contribution in [0.1, 0.15) is 62.9 Å². The number of hydrogen-bond acceptors (Lipinski definition) is 3. The maximum Gasteiger partial charge on any atom is 0.177 e. The first kappa shape index (κ1) is 14.3. The second-order valence-electron chi connectivity index (χ2n) is 6.14. The zero-order valence-corrected chi connectivity index (χ0v) is 13.3. The highest BCUT2D eigenvalue weighted by Gasteiger charge is 2.24. The molecule has 1 fully saturated rings. The highest BCUT2D eigenvalue weighted by Crippen LogP contribution is 2.33. The van der Waals surface area contributed by atoms with Crippen molar-refractivity contribution in [3.8, 4) is 11.5 Å². The Kier molecular flexibility index (Phi) is 4.08. The highest BCUT2D eigenvalue weighted by molar-refractivity contribution is 5.53. The van der Waals surface area contributed by atoms with E-state index in [4.69, 9.17) is 10.1 Å². The quantitative estimate of drug-likeness (QED) is 0.846. The molecule has 5 heteroatoms. The molecule has 2 heterocycles. The number of unbranched alkanes of at least 4 members (excludes halogenated alkanes) is 1. The van der Waals surface area contributed by atoms with Crippen LogP contribution in [0, 0.1) is 6.92 Å². The Labute approximate surface area is 126 Å². The van der Waals surface area contributed by atoms with Crippen molar-refractivity contribution in [2.75, 3.05) is 0 Å². The summed E-state index contributed by atoms with van der Waals surface area (Å²) in [5.41, 5.74) is 2.13. The lowest BCUT2D eigenvalue weighted by Crippen LogP contribution is -2.06. The van der Waals surface area contributed by atoms with Crippen molar-refractivity contribution in [3.63, 3.8) is 0 Å². The van der Waals surface area contributed by atoms with Crippen molar-refractivity contribution in [3.05, 3.63) is 17.8 Å². The molecular formula is C16H25N5. The fourth-order valence-electron chi connectivity index (χ4n) is 3.22. The zero-order valence-electron chi connectivity index (χ0n) is 13.3. The van der Waals surface area contributed by atoms with Gasteiger partial charge in [0.05, 0.1) is 12.0 Å². The predicted molar refractivity (Wildman–Crippen MR) is 83.1 cm³/mol. The van der Waals surface area contributed by atoms with Crippen LogP contribution < -0.4 is 0 Å². The Morgan fingerprint density at radius 2 is 2.05 bits per heavy atom. The van der Waals surface area contributed by atoms with E-state index in [0.29, 0.717) is 5.92 Å². The Morgan fingerprint density at radius 1 is 1.29 bits per heavy atom. The van der Waals surface area contributed by atoms with Crippen molar-refractivity contribution >= 4 is 0 Å². The minimum atomic E-state index is 0.556. The van der Waals surface area contributed by atoms with E-state index in [-0.39, 0.29) is 0 Å². The SMILES string of the molecule is CCCCn1nc(C2CCCC2)nc1-c1c(C)ncn1C. The lowest BCUT2D eigenvalue weighted by atomic mass is 10.1. The molecule has 1 aliphatic rings. The molecular weight excluding hydrogens is 262 g/mol. The van der Waals surface area contributed by atoms with Crippen molar-refractivity contribution in [2.24, 2.45) is 7.05 Å². The van der Waals surface area contributed by atoms with E-state index >= 15 is 0 Å². The molecule has 2 aromatic rings. The van der Waals surface area contributed by atoms with Gasteiger partial charge in [-0.2, -0.15) is 5.10 Å². The van der Waals surface area contributed by atoms with Gasteiger partial charge < -0.3 is 4.57 Å². The monoisotopic (exact) mass is 287 g/mol. The van der Waals surface area contributed by atoms with Gasteiger partial charge in [0, 0.05) is 19.5 Å². The standard InChI is InChI=1S/C16H25N5/c1-4-5-10-21-16(14-12(2)17-11-20(14)3)18-15(19-21)13-8-6-7-9-13/h11,13H,4-10H2,1-3H3. The molecule has 3 rings (SSSR count). The molecule has 0 aromatic carbocycles. The minimum Gasteiger partial charge on any atom is -0.331 e. The summed E-state index contributed by atoms with van der Waals surface area (Å²) in [6.07, 6.45) is 9.27. The second kappa shape index (κ2) is 6.00. The lowest BCUT2D eigenvalue weighted by Gasteiger charge is -2.06. The molecule has 0 radical (unpaired) electrons. The van der Waals surface area contributed by atoms with E-state index in [1.807, 2.05) is 20.3 Å². The van der Waals surface area contributed by atoms with Gasteiger partial charge in [-0.3, -0.25) is 0 Å². The van der Waals surface area contributed by atoms with Gasteiger partial charge in [0.2, 0.25) is 0 Å². The summed E-state index contributed by atoms with van der Waals surface area (Å²) < 4.78 is 4.15. The maximum atomic E-state index is 4.90. The third kappa shape index (κ3) is 2.74. The molecule has 21 heavy (non-hydrogen) atoms. The Bertz CT molecular complexity index is 585. The van der Waals surface area contributed by atoms with Crippen molar-refractivity contribution < 1.29 is 0 Å². The summed E-state index contributed by atoms with van der Waals surface area (Å²) in [6.45, 7) is 5.20. The summed E-state index contributed by atoms with van der Waals surface area (Å²) in [5, 5.41) is 4.83. The van der Waals surface area contributed by atoms with Crippen LogP contribution in [0.15, 0.2) is 6.33 Å². The van der Waals surface area contributed by atoms with E-state index in [2.05, 4.69) is 21.2 Å². The van der Waals surface area contributed by atoms with E-state index in [1.165, 1.54) is 32.1 Å². The smallest absolute Gasteiger partial charge is 0.177 e. The first-order valence-corrected chi connectivity index (χ1v) is 8.13. The molecule has 0 atom stereocenters. The molecule has 0 saturated heterocycles. The van der Waals surface area contributed by atoms with Crippen LogP contribution in [0.3, 0.4) is 0 Å². The summed E-state index contributed by atoms with van der Waals surface area (Å²) in [6, 6.07) is 0. The first-order valence-electron chi connectivity index (χ1n) is 8.13. The molecule has 114 valence electrons. The highest BCUT2D eigenvalue weighted by atomic mass is 15.4. The van der Waals surface area contributed by atoms with Crippen LogP contribution in [0.2, 0.25) is 0 Å². The predicted octanol–water partition coefficient (Wildman–Crippen LogP) is 3.44. The number of rotatable bonds is 5. The fraction of sp³-hybridized carbons (Fsp3) is 0.688. The normalized spacial score (nSPS) is 16.0. The largest absolute Gasteiger partial charge is 0.331 e. The van der Waals surface area contributed by atoms with Gasteiger partial charge in [-0.15, -0.1) is 0 Å². The van der Waals surface area contributed by atoms with Crippen LogP contribution in [0.4, 0.5) is 0 Å². The van der Waals surface area contributed by atoms with Gasteiger partial charge in [0.25, 0.3) is 0 Å². The molecule has 5 nitrogen and oxygen atoms in total. The van der Waals surface area contributed by atoms with Gasteiger partial charge in [0.1, 0.15) is 5.69 Å². The van der Waals surface area contributed by atoms with E-state index in [9.17, 15) is 0 Å². The lowest BCUT2D eigenvalue weighted by molar-refractivity contribution is 0.556. The first-order chi connectivity index (χ1) is 10.2. The Morgan fingerprint density at radius 3 is 2.67 bits per heavy atom. The summed E-state index contributed by atoms with van der Waals surface area (Å²) >= 11 is 0. The van der Waals surface area contributed by atoms with Crippen molar-refractivity contribution in [2.45, 2.75) is 64.8 Å². The number of hydrogen-bond donors (Lipinski definition) is 0. The molecule has 1 saturated carbocycles. The third-order valence-electron chi connectivity index (χ3n) is 4.46. The Balaban J connectivity index is 2.00. The third-order valence-corrected chi connectivity index (χ3v) is 4.46. The Hall–Kier alpha value is -1.65. The fourth-order valence-corrected chi connectivity index (χ4v) is 3.22. The molecule has 1 aliphatic carbocycles. The summed E-state index contributed by atoms with van der Waals surface area (Å²) in [7, 11) is 2.03. The van der Waals surface area contributed by atoms with E-state index in [1.54, 1.807) is 0 Å². The average molecular weight is 287 g/mol. The number of imidazole rings is 1. The van der Waals surface area contributed by atoms with Crippen molar-refractivity contribution in [1.29, 1.82) is 0 Å². The molecule has 0 N–H and O–H groups in total. The topological polar surface area (TPSA) is 48.5 Å². The molecule has 0 unspecified atom stereocenters. The zero-order chi connectivity index (χ0) is 14.8.